The van der Waals surface area contributed by atoms with Crippen LogP contribution in [0.4, 0.5) is 10.5 Å². The molecular formula is C18H26N2O4. The first-order valence-electron chi connectivity index (χ1n) is 8.63. The molecule has 2 rings (SSSR count). The van der Waals surface area contributed by atoms with Crippen LogP contribution in [0.5, 0.6) is 0 Å². The quantitative estimate of drug-likeness (QED) is 0.551. The van der Waals surface area contributed by atoms with E-state index in [9.17, 15) is 14.7 Å². The number of ether oxygens (including phenoxy) is 1. The molecule has 132 valence electrons. The minimum Gasteiger partial charge on any atom is -0.462 e. The number of hydrogen-bond acceptors (Lipinski definition) is 4. The molecule has 3 N–H and O–H groups in total. The van der Waals surface area contributed by atoms with Crippen LogP contribution in [0.2, 0.25) is 0 Å². The Kier molecular flexibility index (Phi) is 7.06. The summed E-state index contributed by atoms with van der Waals surface area (Å²) in [6.45, 7) is 2.45. The van der Waals surface area contributed by atoms with Crippen molar-refractivity contribution in [1.82, 2.24) is 5.32 Å². The lowest BCUT2D eigenvalue weighted by Gasteiger charge is -2.28. The predicted octanol–water partition coefficient (Wildman–Crippen LogP) is 3.07. The summed E-state index contributed by atoms with van der Waals surface area (Å²) in [5, 5.41) is 15.4. The van der Waals surface area contributed by atoms with Gasteiger partial charge in [-0.2, -0.15) is 0 Å². The van der Waals surface area contributed by atoms with E-state index in [1.807, 2.05) is 6.92 Å². The van der Waals surface area contributed by atoms with Crippen molar-refractivity contribution in [2.45, 2.75) is 57.6 Å². The smallest absolute Gasteiger partial charge is 0.338 e. The monoisotopic (exact) mass is 334 g/mol. The van der Waals surface area contributed by atoms with Crippen molar-refractivity contribution in [3.63, 3.8) is 0 Å². The highest BCUT2D eigenvalue weighted by Gasteiger charge is 2.24. The second-order valence-electron chi connectivity index (χ2n) is 6.12. The highest BCUT2D eigenvalue weighted by Crippen LogP contribution is 2.18. The van der Waals surface area contributed by atoms with Crippen LogP contribution in [-0.4, -0.2) is 35.9 Å². The van der Waals surface area contributed by atoms with Crippen molar-refractivity contribution in [3.05, 3.63) is 29.8 Å². The van der Waals surface area contributed by atoms with E-state index < -0.39 is 6.10 Å². The second kappa shape index (κ2) is 9.27. The van der Waals surface area contributed by atoms with Crippen LogP contribution in [-0.2, 0) is 4.74 Å². The number of hydrogen-bond donors (Lipinski definition) is 3. The molecule has 6 nitrogen and oxygen atoms in total. The molecule has 2 unspecified atom stereocenters. The molecule has 1 aromatic rings. The summed E-state index contributed by atoms with van der Waals surface area (Å²) in [5.41, 5.74) is 1.04. The molecule has 2 amide bonds. The Morgan fingerprint density at radius 3 is 2.58 bits per heavy atom. The molecule has 1 aromatic carbocycles. The maximum atomic E-state index is 12.0. The summed E-state index contributed by atoms with van der Waals surface area (Å²) in [7, 11) is 0. The molecule has 0 heterocycles. The molecule has 0 spiro atoms. The van der Waals surface area contributed by atoms with Crippen LogP contribution in [0.1, 0.15) is 55.8 Å². The Hall–Kier alpha value is -2.08. The van der Waals surface area contributed by atoms with Crippen LogP contribution < -0.4 is 10.6 Å². The first kappa shape index (κ1) is 18.3. The lowest BCUT2D eigenvalue weighted by atomic mass is 9.93. The zero-order valence-corrected chi connectivity index (χ0v) is 14.1. The normalized spacial score (nSPS) is 20.2. The van der Waals surface area contributed by atoms with Gasteiger partial charge >= 0.3 is 12.0 Å². The highest BCUT2D eigenvalue weighted by molar-refractivity contribution is 5.92. The number of esters is 1. The largest absolute Gasteiger partial charge is 0.462 e. The summed E-state index contributed by atoms with van der Waals surface area (Å²) in [6.07, 6.45) is 4.86. The average molecular weight is 334 g/mol. The van der Waals surface area contributed by atoms with Crippen LogP contribution >= 0.6 is 0 Å². The van der Waals surface area contributed by atoms with E-state index in [2.05, 4.69) is 10.6 Å². The summed E-state index contributed by atoms with van der Waals surface area (Å²) in [5.74, 6) is -0.357. The number of amides is 2. The van der Waals surface area contributed by atoms with E-state index in [4.69, 9.17) is 4.74 Å². The molecule has 6 heteroatoms. The number of carbonyl (C=O) groups is 2. The maximum absolute atomic E-state index is 12.0. The van der Waals surface area contributed by atoms with Gasteiger partial charge in [0.15, 0.2) is 0 Å². The minimum absolute atomic E-state index is 0.202. The molecular weight excluding hydrogens is 308 g/mol. The summed E-state index contributed by atoms with van der Waals surface area (Å²) in [4.78, 5) is 23.8. The molecule has 1 fully saturated rings. The van der Waals surface area contributed by atoms with E-state index in [1.165, 1.54) is 0 Å². The lowest BCUT2D eigenvalue weighted by molar-refractivity contribution is 0.0499. The van der Waals surface area contributed by atoms with Gasteiger partial charge in [0, 0.05) is 5.69 Å². The van der Waals surface area contributed by atoms with Gasteiger partial charge in [0.25, 0.3) is 0 Å². The van der Waals surface area contributed by atoms with Gasteiger partial charge < -0.3 is 20.5 Å². The predicted molar refractivity (Wildman–Crippen MR) is 92.0 cm³/mol. The maximum Gasteiger partial charge on any atom is 0.338 e. The van der Waals surface area contributed by atoms with Gasteiger partial charge in [-0.25, -0.2) is 9.59 Å². The van der Waals surface area contributed by atoms with Crippen LogP contribution in [0.3, 0.4) is 0 Å². The zero-order chi connectivity index (χ0) is 17.4. The summed E-state index contributed by atoms with van der Waals surface area (Å²) < 4.78 is 5.14. The minimum atomic E-state index is -0.482. The topological polar surface area (TPSA) is 87.7 Å². The molecule has 0 radical (unpaired) electrons. The number of aliphatic hydroxyl groups is 1. The molecule has 1 aliphatic carbocycles. The van der Waals surface area contributed by atoms with Crippen molar-refractivity contribution in [2.75, 3.05) is 11.9 Å². The van der Waals surface area contributed by atoms with Gasteiger partial charge in [-0.1, -0.05) is 26.2 Å². The Morgan fingerprint density at radius 1 is 1.21 bits per heavy atom. The molecule has 1 aliphatic rings. The van der Waals surface area contributed by atoms with Gasteiger partial charge in [-0.3, -0.25) is 0 Å². The average Bonchev–Trinajstić information content (AvgIpc) is 2.58. The molecule has 0 aromatic heterocycles. The van der Waals surface area contributed by atoms with E-state index in [1.54, 1.807) is 24.3 Å². The van der Waals surface area contributed by atoms with Crippen molar-refractivity contribution in [2.24, 2.45) is 0 Å². The lowest BCUT2D eigenvalue weighted by Crippen LogP contribution is -2.46. The third-order valence-corrected chi connectivity index (χ3v) is 4.16. The Balaban J connectivity index is 1.82. The molecule has 1 saturated carbocycles. The number of aliphatic hydroxyl groups excluding tert-OH is 1. The van der Waals surface area contributed by atoms with E-state index in [0.717, 1.165) is 38.5 Å². The van der Waals surface area contributed by atoms with Crippen molar-refractivity contribution >= 4 is 17.7 Å². The molecule has 0 aliphatic heterocycles. The fourth-order valence-corrected chi connectivity index (χ4v) is 2.70. The standard InChI is InChI=1S/C18H26N2O4/c1-2-3-12-24-17(22)13-8-10-14(11-9-13)19-18(23)20-15-6-4-5-7-16(15)21/h8-11,15-16,21H,2-7,12H2,1H3,(H2,19,20,23). The molecule has 0 saturated heterocycles. The van der Waals surface area contributed by atoms with Crippen LogP contribution in [0.15, 0.2) is 24.3 Å². The molecule has 24 heavy (non-hydrogen) atoms. The number of urea groups is 1. The first-order valence-corrected chi connectivity index (χ1v) is 8.63. The number of benzene rings is 1. The van der Waals surface area contributed by atoms with Crippen molar-refractivity contribution in [1.29, 1.82) is 0 Å². The highest BCUT2D eigenvalue weighted by atomic mass is 16.5. The van der Waals surface area contributed by atoms with Gasteiger partial charge in [-0.15, -0.1) is 0 Å². The summed E-state index contributed by atoms with van der Waals surface area (Å²) >= 11 is 0. The molecule has 2 atom stereocenters. The number of nitrogens with one attached hydrogen (secondary N) is 2. The van der Waals surface area contributed by atoms with Gasteiger partial charge in [0.05, 0.1) is 24.3 Å². The van der Waals surface area contributed by atoms with Crippen LogP contribution in [0, 0.1) is 0 Å². The van der Waals surface area contributed by atoms with E-state index in [-0.39, 0.29) is 18.0 Å². The van der Waals surface area contributed by atoms with Crippen molar-refractivity contribution < 1.29 is 19.4 Å². The Bertz CT molecular complexity index is 544. The van der Waals surface area contributed by atoms with Crippen molar-refractivity contribution in [3.8, 4) is 0 Å². The van der Waals surface area contributed by atoms with E-state index >= 15 is 0 Å². The number of rotatable bonds is 6. The fraction of sp³-hybridized carbons (Fsp3) is 0.556. The van der Waals surface area contributed by atoms with Crippen LogP contribution in [0.25, 0.3) is 0 Å². The molecule has 0 bridgehead atoms. The SMILES string of the molecule is CCCCOC(=O)c1ccc(NC(=O)NC2CCCCC2O)cc1. The van der Waals surface area contributed by atoms with Gasteiger partial charge in [0.1, 0.15) is 0 Å². The number of unbranched alkanes of at least 4 members (excludes halogenated alkanes) is 1. The first-order chi connectivity index (χ1) is 11.6. The number of carbonyl (C=O) groups excluding carboxylic acids is 2. The fourth-order valence-electron chi connectivity index (χ4n) is 2.70. The van der Waals surface area contributed by atoms with Gasteiger partial charge in [-0.05, 0) is 43.5 Å². The zero-order valence-electron chi connectivity index (χ0n) is 14.1. The Labute approximate surface area is 142 Å². The Morgan fingerprint density at radius 2 is 1.92 bits per heavy atom. The third kappa shape index (κ3) is 5.53. The second-order valence-corrected chi connectivity index (χ2v) is 6.12. The van der Waals surface area contributed by atoms with E-state index in [0.29, 0.717) is 17.9 Å². The number of anilines is 1. The third-order valence-electron chi connectivity index (χ3n) is 4.16. The van der Waals surface area contributed by atoms with Gasteiger partial charge in [0.2, 0.25) is 0 Å². The summed E-state index contributed by atoms with van der Waals surface area (Å²) in [6, 6.07) is 6.02.